The van der Waals surface area contributed by atoms with Crippen molar-refractivity contribution in [1.82, 2.24) is 5.32 Å². The molecule has 1 heteroatoms. The van der Waals surface area contributed by atoms with Crippen molar-refractivity contribution in [1.29, 1.82) is 0 Å². The van der Waals surface area contributed by atoms with E-state index in [2.05, 4.69) is 5.32 Å². The van der Waals surface area contributed by atoms with Gasteiger partial charge in [0, 0.05) is 0 Å². The summed E-state index contributed by atoms with van der Waals surface area (Å²) in [5, 5.41) is 3.86. The lowest BCUT2D eigenvalue weighted by Gasteiger charge is -2.28. The molecule has 1 saturated heterocycles. The van der Waals surface area contributed by atoms with Gasteiger partial charge in [-0.2, -0.15) is 0 Å². The number of hydrogen-bond acceptors (Lipinski definition) is 1. The van der Waals surface area contributed by atoms with Crippen molar-refractivity contribution >= 4 is 0 Å². The molecule has 0 radical (unpaired) electrons. The molecule has 0 aromatic heterocycles. The monoisotopic (exact) mass is 349 g/mol. The van der Waals surface area contributed by atoms with E-state index in [0.29, 0.717) is 0 Å². The first-order valence-electron chi connectivity index (χ1n) is 12.2. The van der Waals surface area contributed by atoms with E-state index in [1.165, 1.54) is 142 Å². The average Bonchev–Trinajstić information content (AvgIpc) is 2.64. The van der Waals surface area contributed by atoms with Gasteiger partial charge in [-0.3, -0.25) is 0 Å². The van der Waals surface area contributed by atoms with E-state index in [9.17, 15) is 0 Å². The molecule has 0 spiro atoms. The normalized spacial score (nSPS) is 28.6. The van der Waals surface area contributed by atoms with Crippen molar-refractivity contribution in [3.05, 3.63) is 0 Å². The minimum Gasteiger partial charge on any atom is -0.316 e. The molecule has 1 nitrogen and oxygen atoms in total. The van der Waals surface area contributed by atoms with Gasteiger partial charge in [0.15, 0.2) is 0 Å². The summed E-state index contributed by atoms with van der Waals surface area (Å²) in [6.07, 6.45) is 29.8. The Morgan fingerprint density at radius 1 is 0.360 bits per heavy atom. The molecule has 0 aromatic rings. The predicted molar refractivity (Wildman–Crippen MR) is 112 cm³/mol. The van der Waals surface area contributed by atoms with Crippen LogP contribution in [0.4, 0.5) is 0 Å². The second-order valence-corrected chi connectivity index (χ2v) is 9.10. The van der Waals surface area contributed by atoms with E-state index in [1.807, 2.05) is 0 Å². The summed E-state index contributed by atoms with van der Waals surface area (Å²) < 4.78 is 0. The molecule has 0 bridgehead atoms. The summed E-state index contributed by atoms with van der Waals surface area (Å²) >= 11 is 0. The van der Waals surface area contributed by atoms with Crippen molar-refractivity contribution in [2.75, 3.05) is 13.1 Å². The third-order valence-electron chi connectivity index (χ3n) is 6.90. The molecule has 1 heterocycles. The van der Waals surface area contributed by atoms with Gasteiger partial charge in [0.05, 0.1) is 0 Å². The third kappa shape index (κ3) is 10.6. The quantitative estimate of drug-likeness (QED) is 0.513. The number of nitrogens with one attached hydrogen (secondary N) is 1. The van der Waals surface area contributed by atoms with E-state index in [1.54, 1.807) is 0 Å². The van der Waals surface area contributed by atoms with Gasteiger partial charge in [-0.05, 0) is 37.8 Å². The molecule has 2 fully saturated rings. The van der Waals surface area contributed by atoms with Gasteiger partial charge in [0.25, 0.3) is 0 Å². The van der Waals surface area contributed by atoms with Gasteiger partial charge in [-0.25, -0.2) is 0 Å². The van der Waals surface area contributed by atoms with Crippen LogP contribution in [0.2, 0.25) is 0 Å². The van der Waals surface area contributed by atoms with Crippen molar-refractivity contribution in [2.24, 2.45) is 11.8 Å². The molecule has 2 rings (SSSR count). The largest absolute Gasteiger partial charge is 0.316 e. The van der Waals surface area contributed by atoms with Crippen LogP contribution in [-0.4, -0.2) is 13.1 Å². The van der Waals surface area contributed by atoms with Gasteiger partial charge >= 0.3 is 0 Å². The van der Waals surface area contributed by atoms with Crippen LogP contribution >= 0.6 is 0 Å². The summed E-state index contributed by atoms with van der Waals surface area (Å²) in [6, 6.07) is 0. The second-order valence-electron chi connectivity index (χ2n) is 9.10. The van der Waals surface area contributed by atoms with Gasteiger partial charge in [0.2, 0.25) is 0 Å². The van der Waals surface area contributed by atoms with Crippen molar-refractivity contribution in [3.8, 4) is 0 Å². The SMILES string of the molecule is C1CCCCCC(C2CCCCCCCCCCNC2)CCCCC1. The van der Waals surface area contributed by atoms with E-state index in [-0.39, 0.29) is 0 Å². The Morgan fingerprint density at radius 3 is 1.20 bits per heavy atom. The summed E-state index contributed by atoms with van der Waals surface area (Å²) in [5.41, 5.74) is 0. The molecule has 25 heavy (non-hydrogen) atoms. The Balaban J connectivity index is 1.82. The fourth-order valence-corrected chi connectivity index (χ4v) is 5.18. The standard InChI is InChI=1S/C24H47N/c1-2-6-10-14-18-23(19-15-11-7-3-1)24-20-16-12-8-4-5-9-13-17-21-25-22-24/h23-25H,1-22H2. The van der Waals surface area contributed by atoms with E-state index in [0.717, 1.165) is 11.8 Å². The highest BCUT2D eigenvalue weighted by Gasteiger charge is 2.21. The second kappa shape index (κ2) is 15.1. The fourth-order valence-electron chi connectivity index (χ4n) is 5.18. The number of rotatable bonds is 1. The molecular formula is C24H47N. The van der Waals surface area contributed by atoms with Gasteiger partial charge in [0.1, 0.15) is 0 Å². The first-order chi connectivity index (χ1) is 12.5. The highest BCUT2D eigenvalue weighted by atomic mass is 14.9. The number of hydrogen-bond donors (Lipinski definition) is 1. The van der Waals surface area contributed by atoms with Crippen molar-refractivity contribution in [2.45, 2.75) is 128 Å². The van der Waals surface area contributed by atoms with E-state index >= 15 is 0 Å². The summed E-state index contributed by atoms with van der Waals surface area (Å²) in [6.45, 7) is 2.58. The minimum absolute atomic E-state index is 0.962. The zero-order valence-corrected chi connectivity index (χ0v) is 17.2. The zero-order chi connectivity index (χ0) is 17.4. The van der Waals surface area contributed by atoms with Crippen LogP contribution in [0.1, 0.15) is 128 Å². The molecule has 148 valence electrons. The Morgan fingerprint density at radius 2 is 0.720 bits per heavy atom. The highest BCUT2D eigenvalue weighted by Crippen LogP contribution is 2.30. The summed E-state index contributed by atoms with van der Waals surface area (Å²) in [7, 11) is 0. The van der Waals surface area contributed by atoms with Crippen LogP contribution in [0.25, 0.3) is 0 Å². The Hall–Kier alpha value is -0.0400. The molecule has 1 saturated carbocycles. The lowest BCUT2D eigenvalue weighted by Crippen LogP contribution is -2.29. The minimum atomic E-state index is 0.962. The average molecular weight is 350 g/mol. The predicted octanol–water partition coefficient (Wildman–Crippen LogP) is 7.64. The molecule has 2 aliphatic rings. The zero-order valence-electron chi connectivity index (χ0n) is 17.2. The first kappa shape index (κ1) is 21.3. The Kier molecular flexibility index (Phi) is 12.8. The lowest BCUT2D eigenvalue weighted by molar-refractivity contribution is 0.247. The first-order valence-corrected chi connectivity index (χ1v) is 12.2. The van der Waals surface area contributed by atoms with Gasteiger partial charge in [-0.15, -0.1) is 0 Å². The molecule has 1 aliphatic heterocycles. The molecule has 1 atom stereocenters. The lowest BCUT2D eigenvalue weighted by atomic mass is 9.80. The van der Waals surface area contributed by atoms with E-state index in [4.69, 9.17) is 0 Å². The van der Waals surface area contributed by atoms with Crippen LogP contribution in [0, 0.1) is 11.8 Å². The van der Waals surface area contributed by atoms with Crippen LogP contribution < -0.4 is 5.32 Å². The van der Waals surface area contributed by atoms with Crippen LogP contribution in [0.3, 0.4) is 0 Å². The maximum Gasteiger partial charge on any atom is -0.00179 e. The Bertz CT molecular complexity index is 262. The highest BCUT2D eigenvalue weighted by molar-refractivity contribution is 4.74. The fraction of sp³-hybridized carbons (Fsp3) is 1.00. The molecule has 1 unspecified atom stereocenters. The molecular weight excluding hydrogens is 302 g/mol. The molecule has 0 amide bonds. The van der Waals surface area contributed by atoms with Gasteiger partial charge < -0.3 is 5.32 Å². The van der Waals surface area contributed by atoms with Crippen LogP contribution in [0.15, 0.2) is 0 Å². The Labute approximate surface area is 159 Å². The van der Waals surface area contributed by atoms with Crippen LogP contribution in [-0.2, 0) is 0 Å². The summed E-state index contributed by atoms with van der Waals surface area (Å²) in [4.78, 5) is 0. The maximum atomic E-state index is 3.86. The summed E-state index contributed by atoms with van der Waals surface area (Å²) in [5.74, 6) is 1.97. The van der Waals surface area contributed by atoms with Crippen molar-refractivity contribution in [3.63, 3.8) is 0 Å². The third-order valence-corrected chi connectivity index (χ3v) is 6.90. The van der Waals surface area contributed by atoms with Crippen LogP contribution in [0.5, 0.6) is 0 Å². The molecule has 1 N–H and O–H groups in total. The molecule has 0 aromatic carbocycles. The van der Waals surface area contributed by atoms with E-state index < -0.39 is 0 Å². The topological polar surface area (TPSA) is 12.0 Å². The van der Waals surface area contributed by atoms with Crippen molar-refractivity contribution < 1.29 is 0 Å². The van der Waals surface area contributed by atoms with Gasteiger partial charge in [-0.1, -0.05) is 116 Å². The maximum absolute atomic E-state index is 3.86. The molecule has 1 aliphatic carbocycles. The smallest absolute Gasteiger partial charge is 0.00179 e.